The molecule has 4 N–H and O–H groups in total. The van der Waals surface area contributed by atoms with Crippen LogP contribution >= 0.6 is 0 Å². The second-order valence-corrected chi connectivity index (χ2v) is 5.25. The molecule has 2 heterocycles. The molecule has 1 aliphatic carbocycles. The second kappa shape index (κ2) is 5.69. The Morgan fingerprint density at radius 2 is 2.10 bits per heavy atom. The lowest BCUT2D eigenvalue weighted by atomic mass is 10.3. The largest absolute Gasteiger partial charge is 0.444 e. The first kappa shape index (κ1) is 13.8. The Morgan fingerprint density at radius 3 is 2.71 bits per heavy atom. The number of anilines is 2. The van der Waals surface area contributed by atoms with Crippen LogP contribution in [0.4, 0.5) is 11.6 Å². The van der Waals surface area contributed by atoms with Gasteiger partial charge in [-0.3, -0.25) is 0 Å². The van der Waals surface area contributed by atoms with Gasteiger partial charge in [0.15, 0.2) is 0 Å². The fraction of sp³-hybridized carbons (Fsp3) is 0.500. The van der Waals surface area contributed by atoms with Gasteiger partial charge in [0, 0.05) is 17.9 Å². The topological polar surface area (TPSA) is 102 Å². The minimum atomic E-state index is 0.465. The molecule has 1 aliphatic rings. The summed E-state index contributed by atoms with van der Waals surface area (Å²) in [7, 11) is 0. The zero-order chi connectivity index (χ0) is 14.8. The van der Waals surface area contributed by atoms with E-state index >= 15 is 0 Å². The standard InChI is InChI=1S/C14H20N6O/c1-3-10-6-16-11(21-10)7-17-12-8(2)13(20-15)19-14(18-12)9-4-5-9/h6,9H,3-5,7,15H2,1-2H3,(H2,17,18,19,20). The summed E-state index contributed by atoms with van der Waals surface area (Å²) in [6.07, 6.45) is 4.89. The zero-order valence-electron chi connectivity index (χ0n) is 12.3. The van der Waals surface area contributed by atoms with Crippen molar-refractivity contribution in [1.82, 2.24) is 15.0 Å². The highest BCUT2D eigenvalue weighted by Crippen LogP contribution is 2.39. The second-order valence-electron chi connectivity index (χ2n) is 5.25. The summed E-state index contributed by atoms with van der Waals surface area (Å²) in [5.41, 5.74) is 3.53. The van der Waals surface area contributed by atoms with E-state index in [1.54, 1.807) is 6.20 Å². The number of hydrazine groups is 1. The number of oxazole rings is 1. The van der Waals surface area contributed by atoms with E-state index in [4.69, 9.17) is 10.3 Å². The number of hydrogen-bond donors (Lipinski definition) is 3. The van der Waals surface area contributed by atoms with E-state index < -0.39 is 0 Å². The van der Waals surface area contributed by atoms with E-state index in [-0.39, 0.29) is 0 Å². The molecule has 3 rings (SSSR count). The predicted octanol–water partition coefficient (Wildman–Crippen LogP) is 2.11. The van der Waals surface area contributed by atoms with Crippen LogP contribution in [0.2, 0.25) is 0 Å². The molecule has 2 aromatic heterocycles. The number of nitrogens with two attached hydrogens (primary N) is 1. The maximum absolute atomic E-state index is 5.58. The van der Waals surface area contributed by atoms with E-state index in [0.717, 1.165) is 42.2 Å². The average molecular weight is 288 g/mol. The SMILES string of the molecule is CCc1cnc(CNc2nc(C3CC3)nc(NN)c2C)o1. The molecule has 7 heteroatoms. The van der Waals surface area contributed by atoms with Crippen molar-refractivity contribution in [3.05, 3.63) is 29.2 Å². The molecule has 0 amide bonds. The first-order chi connectivity index (χ1) is 10.2. The number of hydrogen-bond acceptors (Lipinski definition) is 7. The number of rotatable bonds is 6. The van der Waals surface area contributed by atoms with Gasteiger partial charge in [-0.05, 0) is 19.8 Å². The van der Waals surface area contributed by atoms with Crippen LogP contribution < -0.4 is 16.6 Å². The van der Waals surface area contributed by atoms with Crippen LogP contribution in [0.15, 0.2) is 10.6 Å². The van der Waals surface area contributed by atoms with E-state index in [2.05, 4.69) is 25.7 Å². The highest BCUT2D eigenvalue weighted by molar-refractivity contribution is 5.57. The summed E-state index contributed by atoms with van der Waals surface area (Å²) in [5, 5.41) is 3.26. The first-order valence-corrected chi connectivity index (χ1v) is 7.23. The molecule has 0 radical (unpaired) electrons. The fourth-order valence-corrected chi connectivity index (χ4v) is 2.12. The summed E-state index contributed by atoms with van der Waals surface area (Å²) in [4.78, 5) is 13.3. The Morgan fingerprint density at radius 1 is 1.33 bits per heavy atom. The lowest BCUT2D eigenvalue weighted by molar-refractivity contribution is 0.465. The molecule has 0 saturated heterocycles. The van der Waals surface area contributed by atoms with Crippen LogP contribution in [0.1, 0.15) is 48.7 Å². The lowest BCUT2D eigenvalue weighted by Gasteiger charge is -2.12. The van der Waals surface area contributed by atoms with E-state index in [1.165, 1.54) is 0 Å². The summed E-state index contributed by atoms with van der Waals surface area (Å²) in [6, 6.07) is 0. The van der Waals surface area contributed by atoms with Gasteiger partial charge in [-0.1, -0.05) is 6.92 Å². The van der Waals surface area contributed by atoms with Gasteiger partial charge in [-0.25, -0.2) is 20.8 Å². The molecular weight excluding hydrogens is 268 g/mol. The minimum absolute atomic E-state index is 0.465. The zero-order valence-corrected chi connectivity index (χ0v) is 12.3. The number of nitrogens with one attached hydrogen (secondary N) is 2. The van der Waals surface area contributed by atoms with Gasteiger partial charge >= 0.3 is 0 Å². The van der Waals surface area contributed by atoms with Crippen molar-refractivity contribution in [1.29, 1.82) is 0 Å². The van der Waals surface area contributed by atoms with E-state index in [0.29, 0.717) is 24.2 Å². The number of aromatic nitrogens is 3. The molecule has 21 heavy (non-hydrogen) atoms. The van der Waals surface area contributed by atoms with Crippen molar-refractivity contribution in [3.63, 3.8) is 0 Å². The van der Waals surface area contributed by atoms with E-state index in [1.807, 2.05) is 13.8 Å². The summed E-state index contributed by atoms with van der Waals surface area (Å²) >= 11 is 0. The van der Waals surface area contributed by atoms with Gasteiger partial charge in [-0.15, -0.1) is 0 Å². The van der Waals surface area contributed by atoms with E-state index in [9.17, 15) is 0 Å². The molecule has 7 nitrogen and oxygen atoms in total. The Labute approximate surface area is 123 Å². The van der Waals surface area contributed by atoms with Crippen LogP contribution in [0.5, 0.6) is 0 Å². The Bertz CT molecular complexity index is 634. The molecule has 0 atom stereocenters. The monoisotopic (exact) mass is 288 g/mol. The van der Waals surface area contributed by atoms with Crippen LogP contribution in [0.25, 0.3) is 0 Å². The molecule has 1 saturated carbocycles. The lowest BCUT2D eigenvalue weighted by Crippen LogP contribution is -2.14. The van der Waals surface area contributed by atoms with Crippen LogP contribution in [0, 0.1) is 6.92 Å². The van der Waals surface area contributed by atoms with Crippen molar-refractivity contribution in [2.75, 3.05) is 10.7 Å². The number of aryl methyl sites for hydroxylation is 1. The van der Waals surface area contributed by atoms with Crippen LogP contribution in [0.3, 0.4) is 0 Å². The molecule has 0 aromatic carbocycles. The Balaban J connectivity index is 1.78. The molecule has 112 valence electrons. The number of nitrogens with zero attached hydrogens (tertiary/aromatic N) is 3. The average Bonchev–Trinajstić information content (AvgIpc) is 3.25. The maximum Gasteiger partial charge on any atom is 0.213 e. The third kappa shape index (κ3) is 2.97. The smallest absolute Gasteiger partial charge is 0.213 e. The highest BCUT2D eigenvalue weighted by Gasteiger charge is 2.28. The van der Waals surface area contributed by atoms with Gasteiger partial charge in [0.25, 0.3) is 0 Å². The Hall–Kier alpha value is -2.15. The first-order valence-electron chi connectivity index (χ1n) is 7.23. The number of nitrogen functional groups attached to an aromatic ring is 1. The van der Waals surface area contributed by atoms with Gasteiger partial charge < -0.3 is 15.2 Å². The fourth-order valence-electron chi connectivity index (χ4n) is 2.12. The molecule has 0 bridgehead atoms. The van der Waals surface area contributed by atoms with Gasteiger partial charge in [0.2, 0.25) is 5.89 Å². The molecule has 2 aromatic rings. The summed E-state index contributed by atoms with van der Waals surface area (Å²) in [5.74, 6) is 9.82. The van der Waals surface area contributed by atoms with Crippen molar-refractivity contribution < 1.29 is 4.42 Å². The van der Waals surface area contributed by atoms with Crippen LogP contribution in [-0.2, 0) is 13.0 Å². The molecule has 0 aliphatic heterocycles. The molecule has 0 unspecified atom stereocenters. The van der Waals surface area contributed by atoms with Gasteiger partial charge in [-0.2, -0.15) is 0 Å². The minimum Gasteiger partial charge on any atom is -0.444 e. The molecule has 0 spiro atoms. The highest BCUT2D eigenvalue weighted by atomic mass is 16.4. The van der Waals surface area contributed by atoms with Gasteiger partial charge in [0.05, 0.1) is 12.7 Å². The molecular formula is C14H20N6O. The summed E-state index contributed by atoms with van der Waals surface area (Å²) < 4.78 is 5.58. The van der Waals surface area contributed by atoms with Gasteiger partial charge in [0.1, 0.15) is 23.2 Å². The van der Waals surface area contributed by atoms with Crippen molar-refractivity contribution in [2.45, 2.75) is 45.6 Å². The third-order valence-corrected chi connectivity index (χ3v) is 3.60. The Kier molecular flexibility index (Phi) is 3.74. The molecule has 1 fully saturated rings. The van der Waals surface area contributed by atoms with Crippen LogP contribution in [-0.4, -0.2) is 15.0 Å². The van der Waals surface area contributed by atoms with Crippen molar-refractivity contribution in [3.8, 4) is 0 Å². The van der Waals surface area contributed by atoms with Crippen molar-refractivity contribution >= 4 is 11.6 Å². The predicted molar refractivity (Wildman–Crippen MR) is 79.8 cm³/mol. The summed E-state index contributed by atoms with van der Waals surface area (Å²) in [6.45, 7) is 4.46. The normalized spacial score (nSPS) is 14.2. The quantitative estimate of drug-likeness (QED) is 0.552. The van der Waals surface area contributed by atoms with Crippen molar-refractivity contribution in [2.24, 2.45) is 5.84 Å². The maximum atomic E-state index is 5.58. The third-order valence-electron chi connectivity index (χ3n) is 3.60.